The van der Waals surface area contributed by atoms with Crippen LogP contribution in [0.15, 0.2) is 41.1 Å². The summed E-state index contributed by atoms with van der Waals surface area (Å²) in [6.45, 7) is 0. The third-order valence-electron chi connectivity index (χ3n) is 2.64. The fraction of sp³-hybridized carbons (Fsp3) is 0.154. The van der Waals surface area contributed by atoms with Crippen LogP contribution in [0.5, 0.6) is 5.75 Å². The number of hydrogen-bond acceptors (Lipinski definition) is 5. The molecule has 7 heteroatoms. The van der Waals surface area contributed by atoms with Crippen molar-refractivity contribution in [2.45, 2.75) is 12.5 Å². The molecule has 0 fully saturated rings. The minimum atomic E-state index is -1.16. The molecule has 1 atom stereocenters. The molecule has 2 rings (SSSR count). The Balaban J connectivity index is 2.06. The number of rotatable bonds is 5. The molecule has 0 spiro atoms. The van der Waals surface area contributed by atoms with E-state index in [0.717, 1.165) is 0 Å². The second-order valence-electron chi connectivity index (χ2n) is 4.11. The van der Waals surface area contributed by atoms with E-state index in [1.165, 1.54) is 24.4 Å². The van der Waals surface area contributed by atoms with E-state index in [1.54, 1.807) is 12.1 Å². The summed E-state index contributed by atoms with van der Waals surface area (Å²) < 4.78 is 4.65. The Bertz CT molecular complexity index is 592. The quantitative estimate of drug-likeness (QED) is 0.744. The normalized spacial score (nSPS) is 11.8. The maximum Gasteiger partial charge on any atom is 0.326 e. The van der Waals surface area contributed by atoms with Gasteiger partial charge in [-0.25, -0.2) is 4.79 Å². The van der Waals surface area contributed by atoms with Gasteiger partial charge < -0.3 is 20.1 Å². The van der Waals surface area contributed by atoms with Crippen molar-refractivity contribution in [3.05, 3.63) is 47.9 Å². The van der Waals surface area contributed by atoms with Crippen LogP contribution in [0.25, 0.3) is 0 Å². The molecule has 0 saturated carbocycles. The first-order chi connectivity index (χ1) is 9.56. The Morgan fingerprint density at radius 1 is 1.25 bits per heavy atom. The standard InChI is InChI=1S/C13H12N2O5/c16-9-3-1-8(2-4-9)7-10(13(18)19)15-12(17)11-5-6-14-20-11/h1-6,10,16H,7H2,(H,15,17)(H,18,19). The molecule has 1 amide bonds. The van der Waals surface area contributed by atoms with Gasteiger partial charge in [-0.1, -0.05) is 17.3 Å². The highest BCUT2D eigenvalue weighted by atomic mass is 16.5. The highest BCUT2D eigenvalue weighted by Gasteiger charge is 2.22. The number of aromatic hydroxyl groups is 1. The van der Waals surface area contributed by atoms with Crippen LogP contribution in [-0.4, -0.2) is 33.3 Å². The highest BCUT2D eigenvalue weighted by Crippen LogP contribution is 2.11. The molecule has 0 radical (unpaired) electrons. The average Bonchev–Trinajstić information content (AvgIpc) is 2.94. The summed E-state index contributed by atoms with van der Waals surface area (Å²) >= 11 is 0. The monoisotopic (exact) mass is 276 g/mol. The number of benzene rings is 1. The number of carbonyl (C=O) groups excluding carboxylic acids is 1. The van der Waals surface area contributed by atoms with Gasteiger partial charge in [0.05, 0.1) is 6.20 Å². The van der Waals surface area contributed by atoms with E-state index >= 15 is 0 Å². The summed E-state index contributed by atoms with van der Waals surface area (Å²) in [5.41, 5.74) is 0.674. The van der Waals surface area contributed by atoms with E-state index in [0.29, 0.717) is 5.56 Å². The fourth-order valence-corrected chi connectivity index (χ4v) is 1.63. The van der Waals surface area contributed by atoms with Crippen molar-refractivity contribution in [3.8, 4) is 5.75 Å². The van der Waals surface area contributed by atoms with Crippen LogP contribution in [0.4, 0.5) is 0 Å². The van der Waals surface area contributed by atoms with Crippen LogP contribution in [0.2, 0.25) is 0 Å². The van der Waals surface area contributed by atoms with Gasteiger partial charge in [-0.05, 0) is 17.7 Å². The van der Waals surface area contributed by atoms with Crippen LogP contribution < -0.4 is 5.32 Å². The number of carbonyl (C=O) groups is 2. The number of carboxylic acid groups (broad SMARTS) is 1. The van der Waals surface area contributed by atoms with Gasteiger partial charge in [0, 0.05) is 12.5 Å². The predicted octanol–water partition coefficient (Wildman–Crippen LogP) is 0.806. The van der Waals surface area contributed by atoms with Crippen LogP contribution in [0.3, 0.4) is 0 Å². The Kier molecular flexibility index (Phi) is 3.99. The first-order valence-electron chi connectivity index (χ1n) is 5.78. The van der Waals surface area contributed by atoms with Gasteiger partial charge >= 0.3 is 5.97 Å². The summed E-state index contributed by atoms with van der Waals surface area (Å²) in [6, 6.07) is 6.32. The topological polar surface area (TPSA) is 113 Å². The number of phenols is 1. The van der Waals surface area contributed by atoms with Crippen molar-refractivity contribution in [1.29, 1.82) is 0 Å². The maximum absolute atomic E-state index is 11.7. The third-order valence-corrected chi connectivity index (χ3v) is 2.64. The summed E-state index contributed by atoms with van der Waals surface area (Å²) in [7, 11) is 0. The van der Waals surface area contributed by atoms with Gasteiger partial charge in [0.25, 0.3) is 5.91 Å². The van der Waals surface area contributed by atoms with E-state index in [9.17, 15) is 9.59 Å². The molecule has 0 aliphatic heterocycles. The van der Waals surface area contributed by atoms with E-state index in [-0.39, 0.29) is 17.9 Å². The lowest BCUT2D eigenvalue weighted by atomic mass is 10.1. The molecule has 2 aromatic rings. The van der Waals surface area contributed by atoms with E-state index in [4.69, 9.17) is 10.2 Å². The molecule has 1 unspecified atom stereocenters. The smallest absolute Gasteiger partial charge is 0.326 e. The summed E-state index contributed by atoms with van der Waals surface area (Å²) in [4.78, 5) is 22.9. The lowest BCUT2D eigenvalue weighted by Gasteiger charge is -2.13. The number of phenolic OH excluding ortho intramolecular Hbond substituents is 1. The summed E-state index contributed by atoms with van der Waals surface area (Å²) in [5.74, 6) is -1.77. The molecule has 0 bridgehead atoms. The van der Waals surface area contributed by atoms with E-state index in [1.807, 2.05) is 0 Å². The number of nitrogens with one attached hydrogen (secondary N) is 1. The molecule has 7 nitrogen and oxygen atoms in total. The van der Waals surface area contributed by atoms with Crippen LogP contribution in [-0.2, 0) is 11.2 Å². The number of hydrogen-bond donors (Lipinski definition) is 3. The Hall–Kier alpha value is -2.83. The molecule has 1 aromatic heterocycles. The summed E-state index contributed by atoms with van der Waals surface area (Å²) in [6.07, 6.45) is 1.39. The fourth-order valence-electron chi connectivity index (χ4n) is 1.63. The second-order valence-corrected chi connectivity index (χ2v) is 4.11. The van der Waals surface area contributed by atoms with Crippen LogP contribution in [0.1, 0.15) is 16.1 Å². The van der Waals surface area contributed by atoms with Crippen molar-refractivity contribution < 1.29 is 24.3 Å². The largest absolute Gasteiger partial charge is 0.508 e. The van der Waals surface area contributed by atoms with E-state index < -0.39 is 17.9 Å². The van der Waals surface area contributed by atoms with Crippen molar-refractivity contribution in [2.24, 2.45) is 0 Å². The Morgan fingerprint density at radius 2 is 1.95 bits per heavy atom. The zero-order valence-corrected chi connectivity index (χ0v) is 10.3. The molecule has 104 valence electrons. The van der Waals surface area contributed by atoms with Crippen molar-refractivity contribution in [1.82, 2.24) is 10.5 Å². The van der Waals surface area contributed by atoms with Crippen molar-refractivity contribution >= 4 is 11.9 Å². The molecule has 1 aromatic carbocycles. The Morgan fingerprint density at radius 3 is 2.50 bits per heavy atom. The second kappa shape index (κ2) is 5.87. The SMILES string of the molecule is O=C(NC(Cc1ccc(O)cc1)C(=O)O)c1ccno1. The summed E-state index contributed by atoms with van der Waals surface area (Å²) in [5, 5.41) is 24.0. The molecule has 0 aliphatic rings. The molecule has 3 N–H and O–H groups in total. The molecule has 0 aliphatic carbocycles. The van der Waals surface area contributed by atoms with Crippen molar-refractivity contribution in [2.75, 3.05) is 0 Å². The van der Waals surface area contributed by atoms with Gasteiger partial charge in [-0.2, -0.15) is 0 Å². The lowest BCUT2D eigenvalue weighted by Crippen LogP contribution is -2.42. The van der Waals surface area contributed by atoms with Crippen LogP contribution >= 0.6 is 0 Å². The number of amides is 1. The zero-order valence-electron chi connectivity index (χ0n) is 10.3. The van der Waals surface area contributed by atoms with Crippen LogP contribution in [0, 0.1) is 0 Å². The average molecular weight is 276 g/mol. The van der Waals surface area contributed by atoms with Gasteiger partial charge in [-0.3, -0.25) is 4.79 Å². The molecule has 20 heavy (non-hydrogen) atoms. The molecule has 1 heterocycles. The first kappa shape index (κ1) is 13.6. The zero-order chi connectivity index (χ0) is 14.5. The maximum atomic E-state index is 11.7. The van der Waals surface area contributed by atoms with Gasteiger partial charge in [0.1, 0.15) is 11.8 Å². The van der Waals surface area contributed by atoms with Crippen molar-refractivity contribution in [3.63, 3.8) is 0 Å². The third kappa shape index (κ3) is 3.35. The molecule has 0 saturated heterocycles. The lowest BCUT2D eigenvalue weighted by molar-refractivity contribution is -0.139. The van der Waals surface area contributed by atoms with E-state index in [2.05, 4.69) is 15.0 Å². The number of aliphatic carboxylic acids is 1. The number of nitrogens with zero attached hydrogens (tertiary/aromatic N) is 1. The van der Waals surface area contributed by atoms with Gasteiger partial charge in [-0.15, -0.1) is 0 Å². The van der Waals surface area contributed by atoms with Gasteiger partial charge in [0.2, 0.25) is 5.76 Å². The minimum absolute atomic E-state index is 0.0537. The first-order valence-corrected chi connectivity index (χ1v) is 5.78. The number of aromatic nitrogens is 1. The molecular formula is C13H12N2O5. The predicted molar refractivity (Wildman–Crippen MR) is 67.2 cm³/mol. The molecular weight excluding hydrogens is 264 g/mol. The van der Waals surface area contributed by atoms with Gasteiger partial charge in [0.15, 0.2) is 0 Å². The Labute approximate surface area is 113 Å². The minimum Gasteiger partial charge on any atom is -0.508 e. The highest BCUT2D eigenvalue weighted by molar-refractivity contribution is 5.94. The number of carboxylic acids is 1.